The first kappa shape index (κ1) is 18.5. The Morgan fingerprint density at radius 3 is 2.29 bits per heavy atom. The number of hydrogen-bond acceptors (Lipinski definition) is 2. The highest BCUT2D eigenvalue weighted by molar-refractivity contribution is 7.89. The molecule has 0 radical (unpaired) electrons. The second-order valence-electron chi connectivity index (χ2n) is 4.65. The molecule has 0 unspecified atom stereocenters. The number of benzene rings is 1. The van der Waals surface area contributed by atoms with Crippen molar-refractivity contribution in [2.24, 2.45) is 0 Å². The van der Waals surface area contributed by atoms with Crippen LogP contribution in [0.25, 0.3) is 0 Å². The lowest BCUT2D eigenvalue weighted by Gasteiger charge is -2.27. The fraction of sp³-hybridized carbons (Fsp3) is 0.500. The maximum absolute atomic E-state index is 12.6. The maximum Gasteiger partial charge on any atom is 0.402 e. The van der Waals surface area contributed by atoms with Crippen molar-refractivity contribution in [1.82, 2.24) is 4.31 Å². The average Bonchev–Trinajstić information content (AvgIpc) is 2.34. The Hall–Kier alpha value is -0.500. The third-order valence-corrected chi connectivity index (χ3v) is 5.35. The van der Waals surface area contributed by atoms with E-state index in [1.165, 1.54) is 32.0 Å². The van der Waals surface area contributed by atoms with Gasteiger partial charge in [-0.25, -0.2) is 8.42 Å². The second kappa shape index (κ2) is 6.73. The van der Waals surface area contributed by atoms with Crippen LogP contribution < -0.4 is 0 Å². The minimum Gasteiger partial charge on any atom is -0.207 e. The molecule has 0 N–H and O–H groups in total. The van der Waals surface area contributed by atoms with Gasteiger partial charge in [-0.2, -0.15) is 17.5 Å². The Kier molecular flexibility index (Phi) is 5.94. The SMILES string of the molecule is CC(C)N(CC(F)(F)F)S(=O)(=O)c1ccc(Cl)c(CCl)c1. The van der Waals surface area contributed by atoms with Crippen LogP contribution in [-0.4, -0.2) is 31.5 Å². The van der Waals surface area contributed by atoms with E-state index in [1.807, 2.05) is 0 Å². The first-order valence-corrected chi connectivity index (χ1v) is 8.27. The highest BCUT2D eigenvalue weighted by atomic mass is 35.5. The monoisotopic (exact) mass is 363 g/mol. The first-order valence-electron chi connectivity index (χ1n) is 5.92. The van der Waals surface area contributed by atoms with Gasteiger partial charge in [-0.3, -0.25) is 0 Å². The van der Waals surface area contributed by atoms with Crippen LogP contribution in [0.3, 0.4) is 0 Å². The summed E-state index contributed by atoms with van der Waals surface area (Å²) in [5, 5.41) is 0.260. The van der Waals surface area contributed by atoms with E-state index in [0.717, 1.165) is 0 Å². The van der Waals surface area contributed by atoms with Crippen LogP contribution in [0.5, 0.6) is 0 Å². The molecular formula is C12H14Cl2F3NO2S. The molecule has 0 heterocycles. The molecule has 21 heavy (non-hydrogen) atoms. The summed E-state index contributed by atoms with van der Waals surface area (Å²) >= 11 is 11.5. The van der Waals surface area contributed by atoms with Gasteiger partial charge in [0.15, 0.2) is 0 Å². The van der Waals surface area contributed by atoms with E-state index < -0.39 is 28.8 Å². The Morgan fingerprint density at radius 1 is 1.29 bits per heavy atom. The number of rotatable bonds is 5. The molecule has 1 aromatic rings. The van der Waals surface area contributed by atoms with E-state index in [1.54, 1.807) is 0 Å². The van der Waals surface area contributed by atoms with Gasteiger partial charge in [0.25, 0.3) is 0 Å². The van der Waals surface area contributed by atoms with Crippen molar-refractivity contribution in [3.8, 4) is 0 Å². The molecular weight excluding hydrogens is 350 g/mol. The van der Waals surface area contributed by atoms with E-state index in [-0.39, 0.29) is 15.8 Å². The van der Waals surface area contributed by atoms with Gasteiger partial charge in [-0.15, -0.1) is 11.6 Å². The number of nitrogens with zero attached hydrogens (tertiary/aromatic N) is 1. The lowest BCUT2D eigenvalue weighted by molar-refractivity contribution is -0.138. The molecule has 0 atom stereocenters. The highest BCUT2D eigenvalue weighted by Gasteiger charge is 2.38. The van der Waals surface area contributed by atoms with Crippen LogP contribution in [0.15, 0.2) is 23.1 Å². The molecule has 0 aliphatic rings. The summed E-state index contributed by atoms with van der Waals surface area (Å²) in [4.78, 5) is -0.263. The second-order valence-corrected chi connectivity index (χ2v) is 7.21. The molecule has 0 aliphatic carbocycles. The van der Waals surface area contributed by atoms with Crippen LogP contribution in [0, 0.1) is 0 Å². The molecule has 0 spiro atoms. The van der Waals surface area contributed by atoms with Crippen LogP contribution in [-0.2, 0) is 15.9 Å². The van der Waals surface area contributed by atoms with Crippen molar-refractivity contribution in [3.63, 3.8) is 0 Å². The maximum atomic E-state index is 12.6. The molecule has 0 amide bonds. The molecule has 0 saturated carbocycles. The van der Waals surface area contributed by atoms with Crippen LogP contribution >= 0.6 is 23.2 Å². The minimum absolute atomic E-state index is 0.0385. The molecule has 0 bridgehead atoms. The Bertz CT molecular complexity index is 603. The summed E-state index contributed by atoms with van der Waals surface area (Å²) in [7, 11) is -4.29. The van der Waals surface area contributed by atoms with Gasteiger partial charge in [0.1, 0.15) is 6.54 Å². The largest absolute Gasteiger partial charge is 0.402 e. The zero-order valence-corrected chi connectivity index (χ0v) is 13.6. The van der Waals surface area contributed by atoms with Crippen molar-refractivity contribution in [2.75, 3.05) is 6.54 Å². The molecule has 3 nitrogen and oxygen atoms in total. The summed E-state index contributed by atoms with van der Waals surface area (Å²) in [6.07, 6.45) is -4.63. The zero-order valence-electron chi connectivity index (χ0n) is 11.3. The van der Waals surface area contributed by atoms with Gasteiger partial charge in [-0.05, 0) is 37.6 Å². The summed E-state index contributed by atoms with van der Waals surface area (Å²) in [5.41, 5.74) is 0.343. The quantitative estimate of drug-likeness (QED) is 0.740. The zero-order chi connectivity index (χ0) is 16.4. The van der Waals surface area contributed by atoms with E-state index in [9.17, 15) is 21.6 Å². The molecule has 0 aliphatic heterocycles. The summed E-state index contributed by atoms with van der Waals surface area (Å²) in [6.45, 7) is 1.20. The molecule has 1 rings (SSSR count). The Labute approximate surface area is 131 Å². The molecule has 0 fully saturated rings. The number of halogens is 5. The van der Waals surface area contributed by atoms with Crippen molar-refractivity contribution in [3.05, 3.63) is 28.8 Å². The molecule has 0 saturated heterocycles. The third kappa shape index (κ3) is 4.74. The van der Waals surface area contributed by atoms with Crippen molar-refractivity contribution >= 4 is 33.2 Å². The van der Waals surface area contributed by atoms with Crippen LogP contribution in [0.1, 0.15) is 19.4 Å². The average molecular weight is 364 g/mol. The summed E-state index contributed by atoms with van der Waals surface area (Å²) in [6, 6.07) is 2.82. The van der Waals surface area contributed by atoms with Gasteiger partial charge >= 0.3 is 6.18 Å². The lowest BCUT2D eigenvalue weighted by Crippen LogP contribution is -2.43. The standard InChI is InChI=1S/C12H14Cl2F3NO2S/c1-8(2)18(7-12(15,16)17)21(19,20)10-3-4-11(14)9(5-10)6-13/h3-5,8H,6-7H2,1-2H3. The van der Waals surface area contributed by atoms with Crippen LogP contribution in [0.2, 0.25) is 5.02 Å². The number of hydrogen-bond donors (Lipinski definition) is 0. The van der Waals surface area contributed by atoms with Gasteiger partial charge in [-0.1, -0.05) is 11.6 Å². The normalized spacial score (nSPS) is 13.2. The molecule has 120 valence electrons. The molecule has 1 aromatic carbocycles. The summed E-state index contributed by atoms with van der Waals surface area (Å²) in [5.74, 6) is -0.0385. The van der Waals surface area contributed by atoms with E-state index in [4.69, 9.17) is 23.2 Å². The predicted molar refractivity (Wildman–Crippen MR) is 76.1 cm³/mol. The van der Waals surface area contributed by atoms with Gasteiger partial charge in [0.05, 0.1) is 4.90 Å². The highest BCUT2D eigenvalue weighted by Crippen LogP contribution is 2.27. The lowest BCUT2D eigenvalue weighted by atomic mass is 10.2. The first-order chi connectivity index (χ1) is 9.49. The van der Waals surface area contributed by atoms with Crippen LogP contribution in [0.4, 0.5) is 13.2 Å². The fourth-order valence-electron chi connectivity index (χ4n) is 1.67. The number of sulfonamides is 1. The molecule has 9 heteroatoms. The molecule has 0 aromatic heterocycles. The number of alkyl halides is 4. The smallest absolute Gasteiger partial charge is 0.207 e. The van der Waals surface area contributed by atoms with E-state index in [2.05, 4.69) is 0 Å². The van der Waals surface area contributed by atoms with Gasteiger partial charge < -0.3 is 0 Å². The van der Waals surface area contributed by atoms with E-state index in [0.29, 0.717) is 9.87 Å². The minimum atomic E-state index is -4.63. The summed E-state index contributed by atoms with van der Waals surface area (Å²) < 4.78 is 62.9. The van der Waals surface area contributed by atoms with Gasteiger partial charge in [0.2, 0.25) is 10.0 Å². The van der Waals surface area contributed by atoms with Crippen molar-refractivity contribution in [1.29, 1.82) is 0 Å². The Morgan fingerprint density at radius 2 is 1.86 bits per heavy atom. The third-order valence-electron chi connectivity index (χ3n) is 2.68. The van der Waals surface area contributed by atoms with Gasteiger partial charge in [0, 0.05) is 16.9 Å². The topological polar surface area (TPSA) is 37.4 Å². The predicted octanol–water partition coefficient (Wildman–Crippen LogP) is 4.04. The van der Waals surface area contributed by atoms with Crippen molar-refractivity contribution < 1.29 is 21.6 Å². The van der Waals surface area contributed by atoms with Crippen molar-refractivity contribution in [2.45, 2.75) is 36.8 Å². The van der Waals surface area contributed by atoms with E-state index >= 15 is 0 Å². The fourth-order valence-corrected chi connectivity index (χ4v) is 3.82. The Balaban J connectivity index is 3.29.